The molecule has 1 saturated heterocycles. The lowest BCUT2D eigenvalue weighted by molar-refractivity contribution is -0.253. The smallest absolute Gasteiger partial charge is 0.224 e. The van der Waals surface area contributed by atoms with Crippen molar-refractivity contribution in [2.45, 2.75) is 37.0 Å². The van der Waals surface area contributed by atoms with E-state index in [2.05, 4.69) is 5.32 Å². The Balaban J connectivity index is 2.04. The molecule has 6 atom stereocenters. The van der Waals surface area contributed by atoms with Gasteiger partial charge in [0.2, 0.25) is 5.91 Å². The third kappa shape index (κ3) is 3.78. The Labute approximate surface area is 123 Å². The molecule has 2 unspecified atom stereocenters. The molecule has 0 aliphatic carbocycles. The summed E-state index contributed by atoms with van der Waals surface area (Å²) in [5.74, 6) is -0.743. The summed E-state index contributed by atoms with van der Waals surface area (Å²) in [4.78, 5) is 12.1. The second-order valence-corrected chi connectivity index (χ2v) is 4.82. The highest BCUT2D eigenvalue weighted by molar-refractivity contribution is 5.79. The first kappa shape index (κ1) is 14.4. The third-order valence-electron chi connectivity index (χ3n) is 3.31. The maximum absolute atomic E-state index is 12.1. The van der Waals surface area contributed by atoms with Gasteiger partial charge in [0.25, 0.3) is 0 Å². The third-order valence-corrected chi connectivity index (χ3v) is 3.31. The summed E-state index contributed by atoms with van der Waals surface area (Å²) in [6, 6.07) is 7.06. The average Bonchev–Trinajstić information content (AvgIpc) is 2.54. The summed E-state index contributed by atoms with van der Waals surface area (Å²) in [6.45, 7) is -0.582. The van der Waals surface area contributed by atoms with Crippen LogP contribution in [0.5, 0.6) is 0 Å². The lowest BCUT2D eigenvalue weighted by Crippen LogP contribution is -2.64. The van der Waals surface area contributed by atoms with Crippen molar-refractivity contribution in [2.24, 2.45) is 0 Å². The van der Waals surface area contributed by atoms with Crippen LogP contribution in [0.4, 0.5) is 0 Å². The van der Waals surface area contributed by atoms with E-state index in [1.165, 1.54) is 0 Å². The lowest BCUT2D eigenvalue weighted by Gasteiger charge is -2.40. The van der Waals surface area contributed by atoms with E-state index < -0.39 is 49.6 Å². The molecule has 0 radical (unpaired) electrons. The summed E-state index contributed by atoms with van der Waals surface area (Å²) < 4.78 is 12.8. The van der Waals surface area contributed by atoms with Gasteiger partial charge in [0.1, 0.15) is 24.4 Å². The van der Waals surface area contributed by atoms with Crippen LogP contribution in [0.3, 0.4) is 0 Å². The van der Waals surface area contributed by atoms with Crippen molar-refractivity contribution in [3.8, 4) is 0 Å². The van der Waals surface area contributed by atoms with E-state index >= 15 is 0 Å². The second-order valence-electron chi connectivity index (χ2n) is 4.82. The molecular formula is C14H19NO6. The molecule has 0 spiro atoms. The Morgan fingerprint density at radius 1 is 1.24 bits per heavy atom. The second kappa shape index (κ2) is 6.97. The van der Waals surface area contributed by atoms with Crippen LogP contribution in [0.15, 0.2) is 30.3 Å². The number of carbonyl (C=O) groups excluding carboxylic acids is 1. The zero-order valence-corrected chi connectivity index (χ0v) is 11.2. The van der Waals surface area contributed by atoms with Gasteiger partial charge in [-0.25, -0.2) is 0 Å². The summed E-state index contributed by atoms with van der Waals surface area (Å²) in [7, 11) is 0. The molecule has 1 aromatic rings. The number of ether oxygens (including phenoxy) is 1. The molecule has 1 aliphatic rings. The Morgan fingerprint density at radius 3 is 2.52 bits per heavy atom. The SMILES string of the molecule is [2H]C(C(=O)N[C@@H]1C(O)O[C@H](CO)[C@@H](O)[C@@H]1O)c1ccccc1. The van der Waals surface area contributed by atoms with Gasteiger partial charge in [-0.3, -0.25) is 4.79 Å². The van der Waals surface area contributed by atoms with Crippen molar-refractivity contribution in [1.82, 2.24) is 5.32 Å². The molecule has 5 N–H and O–H groups in total. The Morgan fingerprint density at radius 2 is 1.90 bits per heavy atom. The number of aliphatic hydroxyl groups excluding tert-OH is 4. The molecule has 7 nitrogen and oxygen atoms in total. The van der Waals surface area contributed by atoms with Gasteiger partial charge in [-0.15, -0.1) is 0 Å². The highest BCUT2D eigenvalue weighted by Gasteiger charge is 2.44. The first-order chi connectivity index (χ1) is 10.5. The number of aliphatic hydroxyl groups is 4. The molecule has 1 fully saturated rings. The van der Waals surface area contributed by atoms with E-state index in [9.17, 15) is 20.1 Å². The molecule has 21 heavy (non-hydrogen) atoms. The maximum atomic E-state index is 12.1. The van der Waals surface area contributed by atoms with Crippen molar-refractivity contribution in [3.63, 3.8) is 0 Å². The first-order valence-electron chi connectivity index (χ1n) is 7.11. The van der Waals surface area contributed by atoms with Gasteiger partial charge in [-0.05, 0) is 5.56 Å². The maximum Gasteiger partial charge on any atom is 0.224 e. The molecular weight excluding hydrogens is 278 g/mol. The molecule has 2 rings (SSSR count). The largest absolute Gasteiger partial charge is 0.394 e. The summed E-state index contributed by atoms with van der Waals surface area (Å²) >= 11 is 0. The van der Waals surface area contributed by atoms with Crippen molar-refractivity contribution in [1.29, 1.82) is 0 Å². The Kier molecular flexibility index (Phi) is 4.79. The molecule has 0 bridgehead atoms. The molecule has 7 heteroatoms. The molecule has 0 aromatic heterocycles. The van der Waals surface area contributed by atoms with E-state index in [-0.39, 0.29) is 0 Å². The fourth-order valence-corrected chi connectivity index (χ4v) is 2.16. The molecule has 1 amide bonds. The van der Waals surface area contributed by atoms with Crippen molar-refractivity contribution >= 4 is 5.91 Å². The summed E-state index contributed by atoms with van der Waals surface area (Å²) in [5.41, 5.74) is 0.453. The number of rotatable bonds is 4. The van der Waals surface area contributed by atoms with Gasteiger partial charge in [0.05, 0.1) is 13.0 Å². The minimum absolute atomic E-state index is 0.453. The van der Waals surface area contributed by atoms with E-state index in [4.69, 9.17) is 11.2 Å². The van der Waals surface area contributed by atoms with E-state index in [0.29, 0.717) is 5.56 Å². The normalized spacial score (nSPS) is 34.9. The fourth-order valence-electron chi connectivity index (χ4n) is 2.16. The topological polar surface area (TPSA) is 119 Å². The quantitative estimate of drug-likeness (QED) is 0.445. The number of benzene rings is 1. The van der Waals surface area contributed by atoms with Gasteiger partial charge in [0, 0.05) is 1.37 Å². The van der Waals surface area contributed by atoms with Crippen LogP contribution in [-0.2, 0) is 15.9 Å². The van der Waals surface area contributed by atoms with E-state index in [0.717, 1.165) is 0 Å². The molecule has 1 aliphatic heterocycles. The van der Waals surface area contributed by atoms with E-state index in [1.54, 1.807) is 30.3 Å². The van der Waals surface area contributed by atoms with Crippen LogP contribution in [0.25, 0.3) is 0 Å². The number of carbonyl (C=O) groups is 1. The van der Waals surface area contributed by atoms with Gasteiger partial charge in [-0.2, -0.15) is 0 Å². The minimum atomic E-state index is -1.59. The highest BCUT2D eigenvalue weighted by Crippen LogP contribution is 2.19. The Bertz CT molecular complexity index is 501. The fraction of sp³-hybridized carbons (Fsp3) is 0.500. The van der Waals surface area contributed by atoms with Crippen LogP contribution in [-0.4, -0.2) is 63.6 Å². The van der Waals surface area contributed by atoms with Crippen LogP contribution < -0.4 is 5.32 Å². The first-order valence-corrected chi connectivity index (χ1v) is 6.53. The number of hydrogen-bond donors (Lipinski definition) is 5. The van der Waals surface area contributed by atoms with Crippen molar-refractivity contribution in [3.05, 3.63) is 35.9 Å². The number of amides is 1. The monoisotopic (exact) mass is 298 g/mol. The average molecular weight is 298 g/mol. The highest BCUT2D eigenvalue weighted by atomic mass is 16.6. The number of nitrogens with one attached hydrogen (secondary N) is 1. The minimum Gasteiger partial charge on any atom is -0.394 e. The van der Waals surface area contributed by atoms with Crippen LogP contribution >= 0.6 is 0 Å². The van der Waals surface area contributed by atoms with Gasteiger partial charge >= 0.3 is 0 Å². The number of hydrogen-bond acceptors (Lipinski definition) is 6. The zero-order chi connectivity index (χ0) is 16.3. The Hall–Kier alpha value is -1.51. The van der Waals surface area contributed by atoms with Gasteiger partial charge < -0.3 is 30.5 Å². The molecule has 0 saturated carbocycles. The van der Waals surface area contributed by atoms with Gasteiger partial charge in [-0.1, -0.05) is 30.3 Å². The van der Waals surface area contributed by atoms with Crippen molar-refractivity contribution < 1.29 is 31.3 Å². The van der Waals surface area contributed by atoms with Crippen molar-refractivity contribution in [2.75, 3.05) is 6.61 Å². The predicted molar refractivity (Wildman–Crippen MR) is 72.1 cm³/mol. The summed E-state index contributed by atoms with van der Waals surface area (Å²) in [6.07, 6.45) is -6.96. The molecule has 116 valence electrons. The summed E-state index contributed by atoms with van der Waals surface area (Å²) in [5, 5.41) is 40.7. The molecule has 1 aromatic carbocycles. The predicted octanol–water partition coefficient (Wildman–Crippen LogP) is -1.85. The van der Waals surface area contributed by atoms with Crippen LogP contribution in [0.2, 0.25) is 0 Å². The van der Waals surface area contributed by atoms with Crippen LogP contribution in [0.1, 0.15) is 6.93 Å². The van der Waals surface area contributed by atoms with E-state index in [1.807, 2.05) is 0 Å². The molecule has 1 heterocycles. The van der Waals surface area contributed by atoms with Gasteiger partial charge in [0.15, 0.2) is 6.29 Å². The van der Waals surface area contributed by atoms with Crippen LogP contribution in [0, 0.1) is 0 Å². The lowest BCUT2D eigenvalue weighted by atomic mass is 9.97. The standard InChI is InChI=1S/C14H19NO6/c16-7-9-12(18)13(19)11(14(20)21-9)15-10(17)6-8-4-2-1-3-5-8/h1-5,9,11-14,16,18-20H,6-7H2,(H,15,17)/t9-,11+,12-,13-,14?/m1/s1/i6D/t6?,9-,11+,12-,13-,14?. The zero-order valence-electron chi connectivity index (χ0n) is 12.2.